The van der Waals surface area contributed by atoms with Crippen molar-refractivity contribution < 1.29 is 4.79 Å². The molecule has 1 aliphatic rings. The fraction of sp³-hybridized carbons (Fsp3) is 0.700. The van der Waals surface area contributed by atoms with E-state index in [0.717, 1.165) is 6.54 Å². The van der Waals surface area contributed by atoms with Gasteiger partial charge in [0.1, 0.15) is 0 Å². The lowest BCUT2D eigenvalue weighted by Gasteiger charge is -2.32. The molecule has 0 N–H and O–H groups in total. The SMILES string of the molecule is CC1=CC(=O)[C@H](C(C)C)N(C)C1. The van der Waals surface area contributed by atoms with Crippen LogP contribution in [0.3, 0.4) is 0 Å². The van der Waals surface area contributed by atoms with Gasteiger partial charge in [-0.2, -0.15) is 0 Å². The molecule has 0 spiro atoms. The molecular weight excluding hydrogens is 150 g/mol. The Morgan fingerprint density at radius 1 is 1.58 bits per heavy atom. The monoisotopic (exact) mass is 167 g/mol. The molecule has 1 rings (SSSR count). The molecule has 2 nitrogen and oxygen atoms in total. The molecule has 0 fully saturated rings. The zero-order valence-electron chi connectivity index (χ0n) is 8.29. The highest BCUT2D eigenvalue weighted by Crippen LogP contribution is 2.17. The Hall–Kier alpha value is -0.630. The average molecular weight is 167 g/mol. The topological polar surface area (TPSA) is 20.3 Å². The molecule has 0 saturated carbocycles. The van der Waals surface area contributed by atoms with E-state index in [2.05, 4.69) is 18.7 Å². The number of ketones is 1. The van der Waals surface area contributed by atoms with E-state index >= 15 is 0 Å². The largest absolute Gasteiger partial charge is 0.293 e. The van der Waals surface area contributed by atoms with Crippen LogP contribution in [-0.4, -0.2) is 30.3 Å². The highest BCUT2D eigenvalue weighted by molar-refractivity contribution is 5.95. The molecule has 12 heavy (non-hydrogen) atoms. The van der Waals surface area contributed by atoms with Crippen molar-refractivity contribution >= 4 is 5.78 Å². The van der Waals surface area contributed by atoms with Gasteiger partial charge in [0, 0.05) is 6.54 Å². The number of rotatable bonds is 1. The summed E-state index contributed by atoms with van der Waals surface area (Å²) in [6, 6.07) is 0.0914. The van der Waals surface area contributed by atoms with Gasteiger partial charge in [0.05, 0.1) is 6.04 Å². The first-order chi connectivity index (χ1) is 5.52. The fourth-order valence-electron chi connectivity index (χ4n) is 1.92. The fourth-order valence-corrected chi connectivity index (χ4v) is 1.92. The Balaban J connectivity index is 2.83. The van der Waals surface area contributed by atoms with Crippen molar-refractivity contribution in [3.8, 4) is 0 Å². The van der Waals surface area contributed by atoms with Gasteiger partial charge in [0.25, 0.3) is 0 Å². The van der Waals surface area contributed by atoms with E-state index < -0.39 is 0 Å². The van der Waals surface area contributed by atoms with Crippen molar-refractivity contribution in [3.05, 3.63) is 11.6 Å². The summed E-state index contributed by atoms with van der Waals surface area (Å²) in [6.45, 7) is 7.11. The molecule has 2 heteroatoms. The lowest BCUT2D eigenvalue weighted by atomic mass is 9.93. The Kier molecular flexibility index (Phi) is 2.68. The third-order valence-corrected chi connectivity index (χ3v) is 2.29. The van der Waals surface area contributed by atoms with E-state index in [4.69, 9.17) is 0 Å². The zero-order valence-corrected chi connectivity index (χ0v) is 8.29. The van der Waals surface area contributed by atoms with Gasteiger partial charge in [-0.3, -0.25) is 9.69 Å². The molecule has 0 unspecified atom stereocenters. The second-order valence-corrected chi connectivity index (χ2v) is 4.00. The maximum absolute atomic E-state index is 11.5. The Morgan fingerprint density at radius 2 is 2.17 bits per heavy atom. The average Bonchev–Trinajstić information content (AvgIpc) is 1.82. The number of nitrogens with zero attached hydrogens (tertiary/aromatic N) is 1. The molecule has 0 aromatic heterocycles. The van der Waals surface area contributed by atoms with E-state index in [9.17, 15) is 4.79 Å². The molecule has 1 heterocycles. The summed E-state index contributed by atoms with van der Waals surface area (Å²) in [5.74, 6) is 0.670. The van der Waals surface area contributed by atoms with E-state index in [1.54, 1.807) is 6.08 Å². The van der Waals surface area contributed by atoms with Crippen molar-refractivity contribution in [1.82, 2.24) is 4.90 Å². The summed E-state index contributed by atoms with van der Waals surface area (Å²) in [4.78, 5) is 13.7. The van der Waals surface area contributed by atoms with E-state index in [-0.39, 0.29) is 11.8 Å². The predicted molar refractivity (Wildman–Crippen MR) is 50.0 cm³/mol. The van der Waals surface area contributed by atoms with E-state index in [0.29, 0.717) is 5.92 Å². The number of likely N-dealkylation sites (N-methyl/N-ethyl adjacent to an activating group) is 1. The smallest absolute Gasteiger partial charge is 0.173 e. The van der Waals surface area contributed by atoms with Crippen molar-refractivity contribution in [2.75, 3.05) is 13.6 Å². The molecule has 0 aliphatic carbocycles. The summed E-state index contributed by atoms with van der Waals surface area (Å²) in [7, 11) is 2.01. The predicted octanol–water partition coefficient (Wildman–Crippen LogP) is 1.47. The highest BCUT2D eigenvalue weighted by atomic mass is 16.1. The normalized spacial score (nSPS) is 26.2. The minimum atomic E-state index is 0.0914. The van der Waals surface area contributed by atoms with E-state index in [1.165, 1.54) is 5.57 Å². The van der Waals surface area contributed by atoms with Crippen molar-refractivity contribution in [1.29, 1.82) is 0 Å². The quantitative estimate of drug-likeness (QED) is 0.589. The van der Waals surface area contributed by atoms with Crippen LogP contribution in [0.15, 0.2) is 11.6 Å². The van der Waals surface area contributed by atoms with Gasteiger partial charge in [0.2, 0.25) is 0 Å². The summed E-state index contributed by atoms with van der Waals surface area (Å²) in [5.41, 5.74) is 1.17. The van der Waals surface area contributed by atoms with Crippen molar-refractivity contribution in [3.63, 3.8) is 0 Å². The van der Waals surface area contributed by atoms with Gasteiger partial charge in [0.15, 0.2) is 5.78 Å². The molecule has 1 atom stereocenters. The molecule has 0 radical (unpaired) electrons. The molecule has 0 aromatic rings. The standard InChI is InChI=1S/C10H17NO/c1-7(2)10-9(12)5-8(3)6-11(10)4/h5,7,10H,6H2,1-4H3/t10-/m0/s1. The summed E-state index contributed by atoms with van der Waals surface area (Å²) >= 11 is 0. The first-order valence-electron chi connectivity index (χ1n) is 4.43. The maximum Gasteiger partial charge on any atom is 0.173 e. The van der Waals surface area contributed by atoms with Gasteiger partial charge in [-0.1, -0.05) is 19.4 Å². The third kappa shape index (κ3) is 1.75. The van der Waals surface area contributed by atoms with Gasteiger partial charge in [-0.25, -0.2) is 0 Å². The molecular formula is C10H17NO. The van der Waals surface area contributed by atoms with Gasteiger partial charge in [-0.15, -0.1) is 0 Å². The van der Waals surface area contributed by atoms with Crippen LogP contribution in [-0.2, 0) is 4.79 Å². The van der Waals surface area contributed by atoms with Crippen LogP contribution in [0.2, 0.25) is 0 Å². The Morgan fingerprint density at radius 3 is 2.58 bits per heavy atom. The summed E-state index contributed by atoms with van der Waals surface area (Å²) < 4.78 is 0. The highest BCUT2D eigenvalue weighted by Gasteiger charge is 2.28. The minimum absolute atomic E-state index is 0.0914. The number of hydrogen-bond donors (Lipinski definition) is 0. The van der Waals surface area contributed by atoms with Crippen molar-refractivity contribution in [2.45, 2.75) is 26.8 Å². The van der Waals surface area contributed by atoms with Crippen LogP contribution in [0.4, 0.5) is 0 Å². The maximum atomic E-state index is 11.5. The van der Waals surface area contributed by atoms with Crippen LogP contribution in [0.1, 0.15) is 20.8 Å². The van der Waals surface area contributed by atoms with E-state index in [1.807, 2.05) is 14.0 Å². The number of carbonyl (C=O) groups excluding carboxylic acids is 1. The lowest BCUT2D eigenvalue weighted by Crippen LogP contribution is -2.45. The molecule has 0 aromatic carbocycles. The van der Waals surface area contributed by atoms with Crippen LogP contribution >= 0.6 is 0 Å². The molecule has 0 bridgehead atoms. The molecule has 0 saturated heterocycles. The second kappa shape index (κ2) is 3.40. The van der Waals surface area contributed by atoms with Crippen LogP contribution in [0.5, 0.6) is 0 Å². The minimum Gasteiger partial charge on any atom is -0.293 e. The van der Waals surface area contributed by atoms with Crippen LogP contribution < -0.4 is 0 Å². The van der Waals surface area contributed by atoms with Crippen molar-refractivity contribution in [2.24, 2.45) is 5.92 Å². The zero-order chi connectivity index (χ0) is 9.30. The molecule has 1 aliphatic heterocycles. The molecule has 0 amide bonds. The Bertz CT molecular complexity index is 218. The van der Waals surface area contributed by atoms with Crippen LogP contribution in [0, 0.1) is 5.92 Å². The van der Waals surface area contributed by atoms with Gasteiger partial charge in [-0.05, 0) is 26.0 Å². The molecule has 68 valence electrons. The lowest BCUT2D eigenvalue weighted by molar-refractivity contribution is -0.121. The number of hydrogen-bond acceptors (Lipinski definition) is 2. The first-order valence-corrected chi connectivity index (χ1v) is 4.43. The Labute approximate surface area is 74.2 Å². The summed E-state index contributed by atoms with van der Waals surface area (Å²) in [6.07, 6.45) is 1.78. The van der Waals surface area contributed by atoms with Gasteiger partial charge < -0.3 is 0 Å². The third-order valence-electron chi connectivity index (χ3n) is 2.29. The van der Waals surface area contributed by atoms with Gasteiger partial charge >= 0.3 is 0 Å². The number of carbonyl (C=O) groups is 1. The van der Waals surface area contributed by atoms with Crippen LogP contribution in [0.25, 0.3) is 0 Å². The second-order valence-electron chi connectivity index (χ2n) is 4.00. The summed E-state index contributed by atoms with van der Waals surface area (Å²) in [5, 5.41) is 0. The first kappa shape index (κ1) is 9.46.